The van der Waals surface area contributed by atoms with Gasteiger partial charge in [-0.25, -0.2) is 4.79 Å². The highest BCUT2D eigenvalue weighted by Crippen LogP contribution is 2.20. The van der Waals surface area contributed by atoms with Crippen molar-refractivity contribution >= 4 is 5.97 Å². The standard InChI is InChI=1S/C37H60NO3/c1-5-7-8-9-10-11-12-13-14-15-17-23-33-26-28-35(29-27-33)40-30-20-21-31-41-37(39)36(22-6-2)38(3,4)32-34-24-18-16-19-25-34/h16,18-19,24-29,36H,5-15,17,20-23,30-32H2,1-4H3/q+1. The second kappa shape index (κ2) is 21.4. The minimum absolute atomic E-state index is 0.0814. The molecule has 230 valence electrons. The Bertz CT molecular complexity index is 910. The normalized spacial score (nSPS) is 12.3. The molecule has 0 amide bonds. The van der Waals surface area contributed by atoms with Crippen molar-refractivity contribution in [3.63, 3.8) is 0 Å². The molecule has 0 saturated carbocycles. The lowest BCUT2D eigenvalue weighted by Gasteiger charge is -2.36. The summed E-state index contributed by atoms with van der Waals surface area (Å²) < 4.78 is 12.3. The molecule has 0 heterocycles. The molecule has 0 fully saturated rings. The molecule has 2 rings (SSSR count). The summed E-state index contributed by atoms with van der Waals surface area (Å²) in [5, 5.41) is 0. The van der Waals surface area contributed by atoms with Gasteiger partial charge in [-0.15, -0.1) is 0 Å². The third-order valence-corrected chi connectivity index (χ3v) is 8.15. The molecule has 0 aliphatic rings. The van der Waals surface area contributed by atoms with Crippen molar-refractivity contribution in [1.82, 2.24) is 0 Å². The van der Waals surface area contributed by atoms with Crippen molar-refractivity contribution in [1.29, 1.82) is 0 Å². The number of hydrogen-bond acceptors (Lipinski definition) is 3. The second-order valence-electron chi connectivity index (χ2n) is 12.4. The van der Waals surface area contributed by atoms with Crippen molar-refractivity contribution in [2.75, 3.05) is 27.3 Å². The summed E-state index contributed by atoms with van der Waals surface area (Å²) in [5.41, 5.74) is 2.64. The Morgan fingerprint density at radius 2 is 1.24 bits per heavy atom. The maximum Gasteiger partial charge on any atom is 0.364 e. The molecule has 0 N–H and O–H groups in total. The first-order valence-corrected chi connectivity index (χ1v) is 16.7. The molecule has 0 bridgehead atoms. The van der Waals surface area contributed by atoms with Gasteiger partial charge >= 0.3 is 5.97 Å². The average Bonchev–Trinajstić information content (AvgIpc) is 2.97. The van der Waals surface area contributed by atoms with Crippen LogP contribution in [0, 0.1) is 0 Å². The van der Waals surface area contributed by atoms with E-state index in [2.05, 4.69) is 76.5 Å². The van der Waals surface area contributed by atoms with Gasteiger partial charge in [-0.2, -0.15) is 0 Å². The number of unbranched alkanes of at least 4 members (excludes halogenated alkanes) is 11. The lowest BCUT2D eigenvalue weighted by molar-refractivity contribution is -0.920. The molecule has 4 heteroatoms. The van der Waals surface area contributed by atoms with E-state index in [-0.39, 0.29) is 12.0 Å². The number of rotatable bonds is 24. The minimum Gasteiger partial charge on any atom is -0.494 e. The largest absolute Gasteiger partial charge is 0.494 e. The van der Waals surface area contributed by atoms with Crippen molar-refractivity contribution in [3.05, 3.63) is 65.7 Å². The highest BCUT2D eigenvalue weighted by atomic mass is 16.5. The summed E-state index contributed by atoms with van der Waals surface area (Å²) in [4.78, 5) is 13.0. The first-order valence-electron chi connectivity index (χ1n) is 16.7. The molecule has 4 nitrogen and oxygen atoms in total. The molecule has 0 aliphatic heterocycles. The summed E-state index contributed by atoms with van der Waals surface area (Å²) in [7, 11) is 4.26. The van der Waals surface area contributed by atoms with E-state index in [1.54, 1.807) is 0 Å². The molecule has 2 aromatic carbocycles. The number of carbonyl (C=O) groups excluding carboxylic acids is 1. The first-order chi connectivity index (χ1) is 20.0. The zero-order chi connectivity index (χ0) is 29.6. The number of ether oxygens (including phenoxy) is 2. The highest BCUT2D eigenvalue weighted by molar-refractivity contribution is 5.74. The first kappa shape index (κ1) is 34.9. The van der Waals surface area contributed by atoms with Crippen molar-refractivity contribution < 1.29 is 18.8 Å². The van der Waals surface area contributed by atoms with Crippen molar-refractivity contribution in [2.24, 2.45) is 0 Å². The number of likely N-dealkylation sites (N-methyl/N-ethyl adjacent to an activating group) is 1. The molecule has 2 aromatic rings. The van der Waals surface area contributed by atoms with Crippen LogP contribution in [0.3, 0.4) is 0 Å². The summed E-state index contributed by atoms with van der Waals surface area (Å²) in [6.45, 7) is 6.32. The van der Waals surface area contributed by atoms with E-state index in [9.17, 15) is 4.79 Å². The van der Waals surface area contributed by atoms with Gasteiger partial charge in [-0.3, -0.25) is 0 Å². The van der Waals surface area contributed by atoms with E-state index in [4.69, 9.17) is 9.47 Å². The molecule has 0 saturated heterocycles. The molecule has 1 atom stereocenters. The maximum atomic E-state index is 13.0. The van der Waals surface area contributed by atoms with Crippen LogP contribution in [0.15, 0.2) is 54.6 Å². The fourth-order valence-electron chi connectivity index (χ4n) is 5.60. The predicted octanol–water partition coefficient (Wildman–Crippen LogP) is 9.69. The molecule has 0 aliphatic carbocycles. The SMILES string of the molecule is CCCCCCCCCCCCCc1ccc(OCCCCOC(=O)C(CCC)[N+](C)(C)Cc2ccccc2)cc1. The third kappa shape index (κ3) is 15.5. The van der Waals surface area contributed by atoms with Gasteiger partial charge in [0.05, 0.1) is 27.3 Å². The van der Waals surface area contributed by atoms with Crippen LogP contribution in [0.25, 0.3) is 0 Å². The Morgan fingerprint density at radius 3 is 1.85 bits per heavy atom. The van der Waals surface area contributed by atoms with Crippen LogP contribution in [-0.2, 0) is 22.5 Å². The van der Waals surface area contributed by atoms with Crippen LogP contribution in [0.1, 0.15) is 121 Å². The molecule has 0 aromatic heterocycles. The van der Waals surface area contributed by atoms with Crippen molar-refractivity contribution in [3.8, 4) is 5.75 Å². The highest BCUT2D eigenvalue weighted by Gasteiger charge is 2.35. The zero-order valence-electron chi connectivity index (χ0n) is 26.9. The molecule has 0 radical (unpaired) electrons. The maximum absolute atomic E-state index is 13.0. The number of carbonyl (C=O) groups is 1. The molecule has 0 spiro atoms. The van der Waals surface area contributed by atoms with Crippen LogP contribution in [0.5, 0.6) is 5.75 Å². The number of benzene rings is 2. The summed E-state index contributed by atoms with van der Waals surface area (Å²) in [6, 6.07) is 18.8. The van der Waals surface area contributed by atoms with Gasteiger partial charge in [0.25, 0.3) is 0 Å². The average molecular weight is 567 g/mol. The van der Waals surface area contributed by atoms with E-state index >= 15 is 0 Å². The fraction of sp³-hybridized carbons (Fsp3) is 0.649. The summed E-state index contributed by atoms with van der Waals surface area (Å²) in [5.74, 6) is 0.842. The molecular formula is C37H60NO3+. The van der Waals surface area contributed by atoms with E-state index in [0.29, 0.717) is 17.7 Å². The number of quaternary nitrogens is 1. The summed E-state index contributed by atoms with van der Waals surface area (Å²) >= 11 is 0. The Hall–Kier alpha value is -2.33. The molecule has 1 unspecified atom stereocenters. The Labute approximate surface area is 252 Å². The van der Waals surface area contributed by atoms with Crippen LogP contribution < -0.4 is 4.74 Å². The van der Waals surface area contributed by atoms with Gasteiger partial charge in [0.2, 0.25) is 0 Å². The van der Waals surface area contributed by atoms with Gasteiger partial charge < -0.3 is 14.0 Å². The van der Waals surface area contributed by atoms with Gasteiger partial charge in [-0.1, -0.05) is 121 Å². The van der Waals surface area contributed by atoms with E-state index < -0.39 is 0 Å². The number of hydrogen-bond donors (Lipinski definition) is 0. The van der Waals surface area contributed by atoms with Gasteiger partial charge in [0.1, 0.15) is 12.3 Å². The van der Waals surface area contributed by atoms with Crippen LogP contribution in [0.4, 0.5) is 0 Å². The van der Waals surface area contributed by atoms with Gasteiger partial charge in [-0.05, 0) is 49.8 Å². The quantitative estimate of drug-likeness (QED) is 0.0721. The monoisotopic (exact) mass is 566 g/mol. The molecule has 41 heavy (non-hydrogen) atoms. The number of aryl methyl sites for hydroxylation is 1. The van der Waals surface area contributed by atoms with E-state index in [1.807, 2.05) is 6.07 Å². The third-order valence-electron chi connectivity index (χ3n) is 8.15. The Balaban J connectivity index is 1.55. The van der Waals surface area contributed by atoms with Crippen LogP contribution in [0.2, 0.25) is 0 Å². The fourth-order valence-corrected chi connectivity index (χ4v) is 5.60. The van der Waals surface area contributed by atoms with E-state index in [1.165, 1.54) is 81.8 Å². The van der Waals surface area contributed by atoms with Crippen LogP contribution in [-0.4, -0.2) is 43.8 Å². The smallest absolute Gasteiger partial charge is 0.364 e. The van der Waals surface area contributed by atoms with Crippen molar-refractivity contribution in [2.45, 2.75) is 129 Å². The topological polar surface area (TPSA) is 35.5 Å². The lowest BCUT2D eigenvalue weighted by atomic mass is 10.0. The van der Waals surface area contributed by atoms with Crippen LogP contribution >= 0.6 is 0 Å². The Morgan fingerprint density at radius 1 is 0.659 bits per heavy atom. The summed E-state index contributed by atoms with van der Waals surface area (Å²) in [6.07, 6.45) is 19.8. The number of esters is 1. The Kier molecular flexibility index (Phi) is 18.2. The second-order valence-corrected chi connectivity index (χ2v) is 12.4. The molecular weight excluding hydrogens is 506 g/mol. The van der Waals surface area contributed by atoms with Gasteiger partial charge in [0, 0.05) is 12.0 Å². The zero-order valence-corrected chi connectivity index (χ0v) is 26.9. The van der Waals surface area contributed by atoms with E-state index in [0.717, 1.165) is 44.4 Å². The predicted molar refractivity (Wildman–Crippen MR) is 173 cm³/mol. The van der Waals surface area contributed by atoms with Gasteiger partial charge in [0.15, 0.2) is 6.04 Å². The minimum atomic E-state index is -0.153. The lowest BCUT2D eigenvalue weighted by Crippen LogP contribution is -2.52. The number of nitrogens with zero attached hydrogens (tertiary/aromatic N) is 1.